The number of halogens is 1. The molecule has 0 radical (unpaired) electrons. The SMILES string of the molecule is O=C(Nc1nnc(S(=O)(=O)Nc2ccccc2C(=O)NC[C@H]2CCCO2)s1)c1ccc(Cl)cc1. The summed E-state index contributed by atoms with van der Waals surface area (Å²) >= 11 is 6.50. The Bertz CT molecular complexity index is 1290. The van der Waals surface area contributed by atoms with Crippen LogP contribution in [0.5, 0.6) is 0 Å². The summed E-state index contributed by atoms with van der Waals surface area (Å²) in [6.45, 7) is 1.01. The number of hydrogen-bond donors (Lipinski definition) is 3. The zero-order valence-electron chi connectivity index (χ0n) is 17.7. The summed E-state index contributed by atoms with van der Waals surface area (Å²) in [6.07, 6.45) is 1.76. The second-order valence-electron chi connectivity index (χ2n) is 7.33. The summed E-state index contributed by atoms with van der Waals surface area (Å²) in [5.41, 5.74) is 0.573. The molecular formula is C21H20ClN5O5S2. The van der Waals surface area contributed by atoms with Gasteiger partial charge >= 0.3 is 0 Å². The van der Waals surface area contributed by atoms with Crippen molar-refractivity contribution in [1.29, 1.82) is 0 Å². The van der Waals surface area contributed by atoms with Gasteiger partial charge in [0.2, 0.25) is 5.13 Å². The molecule has 4 rings (SSSR count). The molecule has 0 saturated carbocycles. The van der Waals surface area contributed by atoms with Gasteiger partial charge in [0.15, 0.2) is 0 Å². The number of anilines is 2. The average Bonchev–Trinajstić information content (AvgIpc) is 3.51. The van der Waals surface area contributed by atoms with E-state index < -0.39 is 21.8 Å². The van der Waals surface area contributed by atoms with E-state index in [2.05, 4.69) is 25.6 Å². The molecule has 10 nitrogen and oxygen atoms in total. The minimum absolute atomic E-state index is 0.00270. The molecule has 178 valence electrons. The van der Waals surface area contributed by atoms with Gasteiger partial charge in [-0.2, -0.15) is 8.42 Å². The molecule has 2 heterocycles. The first-order chi connectivity index (χ1) is 16.3. The van der Waals surface area contributed by atoms with Crippen LogP contribution in [0.2, 0.25) is 5.02 Å². The predicted octanol–water partition coefficient (Wildman–Crippen LogP) is 3.15. The van der Waals surface area contributed by atoms with Crippen molar-refractivity contribution in [3.63, 3.8) is 0 Å². The maximum atomic E-state index is 12.9. The Morgan fingerprint density at radius 1 is 1.09 bits per heavy atom. The standard InChI is InChI=1S/C21H20ClN5O5S2/c22-14-9-7-13(8-10-14)18(28)24-20-25-26-21(33-20)34(30,31)27-17-6-2-1-5-16(17)19(29)23-12-15-4-3-11-32-15/h1-2,5-10,15,27H,3-4,11-12H2,(H,23,29)(H,24,25,28)/t15-/m1/s1. The van der Waals surface area contributed by atoms with Gasteiger partial charge in [0.05, 0.1) is 17.4 Å². The maximum absolute atomic E-state index is 12.9. The van der Waals surface area contributed by atoms with Crippen LogP contribution in [-0.4, -0.2) is 49.7 Å². The highest BCUT2D eigenvalue weighted by Crippen LogP contribution is 2.25. The molecule has 3 N–H and O–H groups in total. The van der Waals surface area contributed by atoms with E-state index in [4.69, 9.17) is 16.3 Å². The molecule has 3 aromatic rings. The van der Waals surface area contributed by atoms with Gasteiger partial charge in [-0.05, 0) is 49.2 Å². The van der Waals surface area contributed by atoms with Gasteiger partial charge in [-0.1, -0.05) is 35.1 Å². The molecule has 34 heavy (non-hydrogen) atoms. The smallest absolute Gasteiger partial charge is 0.291 e. The highest BCUT2D eigenvalue weighted by molar-refractivity contribution is 7.94. The van der Waals surface area contributed by atoms with E-state index in [9.17, 15) is 18.0 Å². The van der Waals surface area contributed by atoms with Crippen LogP contribution >= 0.6 is 22.9 Å². The first kappa shape index (κ1) is 24.1. The lowest BCUT2D eigenvalue weighted by molar-refractivity contribution is 0.0858. The first-order valence-corrected chi connectivity index (χ1v) is 12.9. The fourth-order valence-electron chi connectivity index (χ4n) is 3.21. The Kier molecular flexibility index (Phi) is 7.41. The Hall–Kier alpha value is -3.06. The van der Waals surface area contributed by atoms with Crippen molar-refractivity contribution in [2.45, 2.75) is 23.3 Å². The molecule has 1 aromatic heterocycles. The van der Waals surface area contributed by atoms with E-state index >= 15 is 0 Å². The second-order valence-corrected chi connectivity index (χ2v) is 10.6. The zero-order valence-corrected chi connectivity index (χ0v) is 20.0. The van der Waals surface area contributed by atoms with Gasteiger partial charge < -0.3 is 10.1 Å². The predicted molar refractivity (Wildman–Crippen MR) is 128 cm³/mol. The summed E-state index contributed by atoms with van der Waals surface area (Å²) in [5, 5.41) is 13.2. The number of rotatable bonds is 8. The van der Waals surface area contributed by atoms with Crippen LogP contribution < -0.4 is 15.4 Å². The summed E-state index contributed by atoms with van der Waals surface area (Å²) in [7, 11) is -4.16. The Labute approximate surface area is 204 Å². The van der Waals surface area contributed by atoms with Crippen molar-refractivity contribution in [3.05, 3.63) is 64.7 Å². The molecule has 1 atom stereocenters. The minimum atomic E-state index is -4.16. The highest BCUT2D eigenvalue weighted by Gasteiger charge is 2.24. The quantitative estimate of drug-likeness (QED) is 0.387. The van der Waals surface area contributed by atoms with Crippen LogP contribution in [0, 0.1) is 0 Å². The lowest BCUT2D eigenvalue weighted by atomic mass is 10.1. The second kappa shape index (κ2) is 10.5. The lowest BCUT2D eigenvalue weighted by Crippen LogP contribution is -2.32. The molecule has 1 saturated heterocycles. The zero-order chi connectivity index (χ0) is 24.1. The van der Waals surface area contributed by atoms with Gasteiger partial charge in [-0.25, -0.2) is 0 Å². The van der Waals surface area contributed by atoms with E-state index in [1.54, 1.807) is 24.3 Å². The fraction of sp³-hybridized carbons (Fsp3) is 0.238. The molecule has 1 aliphatic rings. The summed E-state index contributed by atoms with van der Waals surface area (Å²) in [4.78, 5) is 25.0. The highest BCUT2D eigenvalue weighted by atomic mass is 35.5. The maximum Gasteiger partial charge on any atom is 0.291 e. The van der Waals surface area contributed by atoms with E-state index in [1.807, 2.05) is 0 Å². The number of para-hydroxylation sites is 1. The topological polar surface area (TPSA) is 139 Å². The Morgan fingerprint density at radius 3 is 2.59 bits per heavy atom. The number of amides is 2. The molecule has 2 aromatic carbocycles. The molecule has 0 unspecified atom stereocenters. The van der Waals surface area contributed by atoms with Crippen LogP contribution in [0.3, 0.4) is 0 Å². The molecular weight excluding hydrogens is 502 g/mol. The number of carbonyl (C=O) groups excluding carboxylic acids is 2. The van der Waals surface area contributed by atoms with E-state index in [0.717, 1.165) is 12.8 Å². The number of ether oxygens (including phenoxy) is 1. The summed E-state index contributed by atoms with van der Waals surface area (Å²) in [5.74, 6) is -0.917. The molecule has 0 bridgehead atoms. The van der Waals surface area contributed by atoms with Gasteiger partial charge in [0.1, 0.15) is 0 Å². The minimum Gasteiger partial charge on any atom is -0.376 e. The third-order valence-electron chi connectivity index (χ3n) is 4.89. The lowest BCUT2D eigenvalue weighted by Gasteiger charge is -2.13. The van der Waals surface area contributed by atoms with Crippen molar-refractivity contribution in [2.75, 3.05) is 23.2 Å². The third kappa shape index (κ3) is 5.89. The third-order valence-corrected chi connectivity index (χ3v) is 7.72. The van der Waals surface area contributed by atoms with Gasteiger partial charge in [-0.3, -0.25) is 19.6 Å². The molecule has 1 aliphatic heterocycles. The molecule has 0 spiro atoms. The monoisotopic (exact) mass is 521 g/mol. The van der Waals surface area contributed by atoms with Crippen molar-refractivity contribution in [1.82, 2.24) is 15.5 Å². The van der Waals surface area contributed by atoms with Crippen molar-refractivity contribution in [2.24, 2.45) is 0 Å². The number of sulfonamides is 1. The molecule has 1 fully saturated rings. The first-order valence-electron chi connectivity index (χ1n) is 10.2. The largest absolute Gasteiger partial charge is 0.376 e. The normalized spacial score (nSPS) is 15.6. The van der Waals surface area contributed by atoms with Crippen molar-refractivity contribution in [3.8, 4) is 0 Å². The molecule has 2 amide bonds. The summed E-state index contributed by atoms with van der Waals surface area (Å²) < 4.78 is 33.2. The van der Waals surface area contributed by atoms with Crippen molar-refractivity contribution < 1.29 is 22.7 Å². The molecule has 0 aliphatic carbocycles. The van der Waals surface area contributed by atoms with Gasteiger partial charge in [-0.15, -0.1) is 10.2 Å². The van der Waals surface area contributed by atoms with E-state index in [0.29, 0.717) is 35.1 Å². The number of hydrogen-bond acceptors (Lipinski definition) is 8. The Morgan fingerprint density at radius 2 is 1.85 bits per heavy atom. The Balaban J connectivity index is 1.44. The van der Waals surface area contributed by atoms with Crippen LogP contribution in [0.25, 0.3) is 0 Å². The van der Waals surface area contributed by atoms with E-state index in [-0.39, 0.29) is 26.8 Å². The number of carbonyl (C=O) groups is 2. The fourth-order valence-corrected chi connectivity index (χ4v) is 5.31. The van der Waals surface area contributed by atoms with Gasteiger partial charge in [0, 0.05) is 23.7 Å². The van der Waals surface area contributed by atoms with E-state index in [1.165, 1.54) is 24.3 Å². The van der Waals surface area contributed by atoms with Gasteiger partial charge in [0.25, 0.3) is 26.2 Å². The van der Waals surface area contributed by atoms with Crippen LogP contribution in [-0.2, 0) is 14.8 Å². The van der Waals surface area contributed by atoms with Crippen LogP contribution in [0.4, 0.5) is 10.8 Å². The van der Waals surface area contributed by atoms with Crippen molar-refractivity contribution >= 4 is 55.6 Å². The number of nitrogens with zero attached hydrogens (tertiary/aromatic N) is 2. The van der Waals surface area contributed by atoms with Crippen LogP contribution in [0.1, 0.15) is 33.6 Å². The average molecular weight is 522 g/mol. The number of aromatic nitrogens is 2. The number of benzene rings is 2. The summed E-state index contributed by atoms with van der Waals surface area (Å²) in [6, 6.07) is 12.4. The van der Waals surface area contributed by atoms with Crippen LogP contribution in [0.15, 0.2) is 52.9 Å². The number of nitrogens with one attached hydrogen (secondary N) is 3. The molecule has 13 heteroatoms.